The molecule has 1 aliphatic heterocycles. The minimum Gasteiger partial charge on any atom is -0.366 e. The Bertz CT molecular complexity index is 220. The van der Waals surface area contributed by atoms with Gasteiger partial charge in [-0.15, -0.1) is 0 Å². The highest BCUT2D eigenvalue weighted by molar-refractivity contribution is 5.74. The highest BCUT2D eigenvalue weighted by atomic mass is 16.1. The van der Waals surface area contributed by atoms with Gasteiger partial charge in [-0.1, -0.05) is 6.08 Å². The van der Waals surface area contributed by atoms with Crippen LogP contribution in [-0.4, -0.2) is 11.6 Å². The van der Waals surface area contributed by atoms with Gasteiger partial charge in [-0.25, -0.2) is 0 Å². The molecule has 60 valence electrons. The highest BCUT2D eigenvalue weighted by Gasteiger charge is 2.19. The quantitative estimate of drug-likeness (QED) is 0.575. The Morgan fingerprint density at radius 1 is 1.55 bits per heavy atom. The lowest BCUT2D eigenvalue weighted by atomic mass is 10.1. The summed E-state index contributed by atoms with van der Waals surface area (Å²) in [7, 11) is 0. The summed E-state index contributed by atoms with van der Waals surface area (Å²) in [5.41, 5.74) is -0.416. The summed E-state index contributed by atoms with van der Waals surface area (Å²) >= 11 is 0. The van der Waals surface area contributed by atoms with Crippen molar-refractivity contribution >= 4 is 5.91 Å². The Labute approximate surface area is 66.2 Å². The molecule has 1 aliphatic rings. The van der Waals surface area contributed by atoms with E-state index in [0.717, 1.165) is 0 Å². The van der Waals surface area contributed by atoms with Crippen LogP contribution < -0.4 is 10.6 Å². The van der Waals surface area contributed by atoms with E-state index in [1.54, 1.807) is 6.20 Å². The molecular formula is C8H12N2O. The Morgan fingerprint density at radius 3 is 2.73 bits per heavy atom. The summed E-state index contributed by atoms with van der Waals surface area (Å²) in [6.07, 6.45) is 7.47. The standard InChI is InChI=1S/C8H12N2O/c1-7(11)10-8(2)5-3-4-6-9-8/h3-6,9H,1-2H3,(H,10,11). The number of rotatable bonds is 1. The van der Waals surface area contributed by atoms with E-state index >= 15 is 0 Å². The largest absolute Gasteiger partial charge is 0.366 e. The first-order chi connectivity index (χ1) is 5.12. The summed E-state index contributed by atoms with van der Waals surface area (Å²) < 4.78 is 0. The number of carbonyl (C=O) groups is 1. The zero-order chi connectivity index (χ0) is 8.32. The maximum absolute atomic E-state index is 10.7. The summed E-state index contributed by atoms with van der Waals surface area (Å²) in [4.78, 5) is 10.7. The number of dihydropyridines is 1. The van der Waals surface area contributed by atoms with E-state index in [9.17, 15) is 4.79 Å². The van der Waals surface area contributed by atoms with E-state index in [4.69, 9.17) is 0 Å². The topological polar surface area (TPSA) is 41.1 Å². The fraction of sp³-hybridized carbons (Fsp3) is 0.375. The fourth-order valence-corrected chi connectivity index (χ4v) is 1.02. The number of amides is 1. The Morgan fingerprint density at radius 2 is 2.27 bits per heavy atom. The van der Waals surface area contributed by atoms with Gasteiger partial charge in [-0.2, -0.15) is 0 Å². The predicted octanol–water partition coefficient (Wildman–Crippen LogP) is 0.512. The number of hydrogen-bond donors (Lipinski definition) is 2. The molecule has 2 N–H and O–H groups in total. The third-order valence-corrected chi connectivity index (χ3v) is 1.46. The Balaban J connectivity index is 2.61. The van der Waals surface area contributed by atoms with Gasteiger partial charge in [0.25, 0.3) is 0 Å². The maximum atomic E-state index is 10.7. The second-order valence-electron chi connectivity index (χ2n) is 2.75. The van der Waals surface area contributed by atoms with Crippen LogP contribution >= 0.6 is 0 Å². The number of nitrogens with one attached hydrogen (secondary N) is 2. The zero-order valence-electron chi connectivity index (χ0n) is 6.72. The molecule has 3 heteroatoms. The molecule has 1 atom stereocenters. The average Bonchev–Trinajstić information content (AvgIpc) is 1.85. The molecule has 1 unspecified atom stereocenters. The highest BCUT2D eigenvalue weighted by Crippen LogP contribution is 2.04. The van der Waals surface area contributed by atoms with Gasteiger partial charge in [0.15, 0.2) is 0 Å². The van der Waals surface area contributed by atoms with Crippen LogP contribution in [0.1, 0.15) is 13.8 Å². The van der Waals surface area contributed by atoms with Gasteiger partial charge < -0.3 is 10.6 Å². The molecule has 1 rings (SSSR count). The predicted molar refractivity (Wildman–Crippen MR) is 43.6 cm³/mol. The Hall–Kier alpha value is -1.25. The van der Waals surface area contributed by atoms with Crippen molar-refractivity contribution < 1.29 is 4.79 Å². The van der Waals surface area contributed by atoms with Crippen LogP contribution in [0.3, 0.4) is 0 Å². The van der Waals surface area contributed by atoms with E-state index in [0.29, 0.717) is 0 Å². The van der Waals surface area contributed by atoms with Crippen molar-refractivity contribution in [2.24, 2.45) is 0 Å². The van der Waals surface area contributed by atoms with Crippen LogP contribution in [0.2, 0.25) is 0 Å². The zero-order valence-corrected chi connectivity index (χ0v) is 6.72. The lowest BCUT2D eigenvalue weighted by molar-refractivity contribution is -0.120. The molecule has 11 heavy (non-hydrogen) atoms. The third kappa shape index (κ3) is 2.11. The van der Waals surface area contributed by atoms with Gasteiger partial charge in [-0.3, -0.25) is 4.79 Å². The average molecular weight is 152 g/mol. The molecule has 0 aromatic carbocycles. The molecule has 0 aromatic heterocycles. The van der Waals surface area contributed by atoms with Crippen molar-refractivity contribution in [3.8, 4) is 0 Å². The third-order valence-electron chi connectivity index (χ3n) is 1.46. The van der Waals surface area contributed by atoms with Crippen molar-refractivity contribution in [2.45, 2.75) is 19.5 Å². The molecule has 0 fully saturated rings. The van der Waals surface area contributed by atoms with Gasteiger partial charge in [-0.05, 0) is 25.3 Å². The van der Waals surface area contributed by atoms with Gasteiger partial charge >= 0.3 is 0 Å². The molecule has 1 heterocycles. The molecule has 0 aliphatic carbocycles. The van der Waals surface area contributed by atoms with Gasteiger partial charge in [0.2, 0.25) is 5.91 Å². The van der Waals surface area contributed by atoms with E-state index in [-0.39, 0.29) is 5.91 Å². The fourth-order valence-electron chi connectivity index (χ4n) is 1.02. The molecule has 0 spiro atoms. The molecule has 3 nitrogen and oxygen atoms in total. The van der Waals surface area contributed by atoms with Crippen molar-refractivity contribution in [1.29, 1.82) is 0 Å². The first-order valence-electron chi connectivity index (χ1n) is 3.53. The monoisotopic (exact) mass is 152 g/mol. The molecule has 0 bridgehead atoms. The van der Waals surface area contributed by atoms with Crippen LogP contribution in [0.4, 0.5) is 0 Å². The minimum absolute atomic E-state index is 0.0417. The van der Waals surface area contributed by atoms with Crippen molar-refractivity contribution in [3.63, 3.8) is 0 Å². The number of hydrogen-bond acceptors (Lipinski definition) is 2. The van der Waals surface area contributed by atoms with Crippen molar-refractivity contribution in [2.75, 3.05) is 0 Å². The van der Waals surface area contributed by atoms with Crippen LogP contribution in [-0.2, 0) is 4.79 Å². The molecule has 0 radical (unpaired) electrons. The second-order valence-corrected chi connectivity index (χ2v) is 2.75. The second kappa shape index (κ2) is 2.78. The maximum Gasteiger partial charge on any atom is 0.218 e. The van der Waals surface area contributed by atoms with E-state index < -0.39 is 5.66 Å². The Kier molecular flexibility index (Phi) is 1.98. The van der Waals surface area contributed by atoms with Crippen LogP contribution in [0.15, 0.2) is 24.4 Å². The first-order valence-corrected chi connectivity index (χ1v) is 3.53. The molecule has 0 saturated heterocycles. The van der Waals surface area contributed by atoms with Crippen LogP contribution in [0.25, 0.3) is 0 Å². The van der Waals surface area contributed by atoms with E-state index in [1.807, 2.05) is 25.2 Å². The summed E-state index contributed by atoms with van der Waals surface area (Å²) in [5.74, 6) is -0.0417. The molecule has 0 saturated carbocycles. The summed E-state index contributed by atoms with van der Waals surface area (Å²) in [6.45, 7) is 3.40. The smallest absolute Gasteiger partial charge is 0.218 e. The van der Waals surface area contributed by atoms with Gasteiger partial charge in [0, 0.05) is 6.92 Å². The summed E-state index contributed by atoms with van der Waals surface area (Å²) in [5, 5.41) is 5.80. The van der Waals surface area contributed by atoms with Crippen molar-refractivity contribution in [3.05, 3.63) is 24.4 Å². The lowest BCUT2D eigenvalue weighted by Crippen LogP contribution is -2.53. The minimum atomic E-state index is -0.416. The van der Waals surface area contributed by atoms with Crippen molar-refractivity contribution in [1.82, 2.24) is 10.6 Å². The van der Waals surface area contributed by atoms with Gasteiger partial charge in [0.05, 0.1) is 0 Å². The first kappa shape index (κ1) is 7.85. The molecular weight excluding hydrogens is 140 g/mol. The molecule has 0 aromatic rings. The summed E-state index contributed by atoms with van der Waals surface area (Å²) in [6, 6.07) is 0. The molecule has 1 amide bonds. The SMILES string of the molecule is CC(=O)NC1(C)C=CC=CN1. The van der Waals surface area contributed by atoms with Crippen LogP contribution in [0, 0.1) is 0 Å². The van der Waals surface area contributed by atoms with Gasteiger partial charge in [0.1, 0.15) is 5.66 Å². The van der Waals surface area contributed by atoms with Crippen LogP contribution in [0.5, 0.6) is 0 Å². The lowest BCUT2D eigenvalue weighted by Gasteiger charge is -2.28. The van der Waals surface area contributed by atoms with E-state index in [2.05, 4.69) is 10.6 Å². The normalized spacial score (nSPS) is 27.8. The number of carbonyl (C=O) groups excluding carboxylic acids is 1. The van der Waals surface area contributed by atoms with E-state index in [1.165, 1.54) is 6.92 Å². The number of allylic oxidation sites excluding steroid dienone is 2.